The van der Waals surface area contributed by atoms with Gasteiger partial charge in [0, 0.05) is 23.4 Å². The van der Waals surface area contributed by atoms with Crippen molar-refractivity contribution in [2.24, 2.45) is 0 Å². The third-order valence-corrected chi connectivity index (χ3v) is 5.09. The molecular formula is C22H14F4N6O. The normalized spacial score (nSPS) is 13.3. The lowest BCUT2D eigenvalue weighted by Crippen LogP contribution is -2.48. The van der Waals surface area contributed by atoms with Crippen molar-refractivity contribution in [2.45, 2.75) is 18.1 Å². The molecule has 0 amide bonds. The Balaban J connectivity index is 1.78. The maximum absolute atomic E-state index is 15.7. The van der Waals surface area contributed by atoms with E-state index >= 15 is 8.78 Å². The number of benzene rings is 2. The van der Waals surface area contributed by atoms with Crippen molar-refractivity contribution in [3.63, 3.8) is 0 Å². The van der Waals surface area contributed by atoms with Gasteiger partial charge < -0.3 is 5.11 Å². The predicted octanol–water partition coefficient (Wildman–Crippen LogP) is 3.56. The summed E-state index contributed by atoms with van der Waals surface area (Å²) in [6, 6.07) is 12.7. The number of nitriles is 1. The van der Waals surface area contributed by atoms with Crippen LogP contribution in [0.15, 0.2) is 67.1 Å². The van der Waals surface area contributed by atoms with Gasteiger partial charge in [0.2, 0.25) is 0 Å². The van der Waals surface area contributed by atoms with Crippen LogP contribution in [0.25, 0.3) is 11.1 Å². The van der Waals surface area contributed by atoms with Gasteiger partial charge in [0.1, 0.15) is 23.7 Å². The van der Waals surface area contributed by atoms with Gasteiger partial charge in [-0.05, 0) is 46.3 Å². The predicted molar refractivity (Wildman–Crippen MR) is 106 cm³/mol. The van der Waals surface area contributed by atoms with Crippen molar-refractivity contribution in [1.82, 2.24) is 25.2 Å². The van der Waals surface area contributed by atoms with Crippen LogP contribution in [0.3, 0.4) is 0 Å². The fourth-order valence-electron chi connectivity index (χ4n) is 3.40. The van der Waals surface area contributed by atoms with Gasteiger partial charge in [-0.3, -0.25) is 4.98 Å². The first kappa shape index (κ1) is 22.0. The first-order valence-electron chi connectivity index (χ1n) is 9.48. The molecule has 4 rings (SSSR count). The molecule has 166 valence electrons. The molecule has 7 nitrogen and oxygen atoms in total. The van der Waals surface area contributed by atoms with Crippen molar-refractivity contribution in [3.05, 3.63) is 95.6 Å². The molecule has 0 radical (unpaired) electrons. The van der Waals surface area contributed by atoms with Crippen molar-refractivity contribution >= 4 is 0 Å². The van der Waals surface area contributed by atoms with Gasteiger partial charge in [0.15, 0.2) is 5.60 Å². The van der Waals surface area contributed by atoms with E-state index in [2.05, 4.69) is 20.5 Å². The smallest absolute Gasteiger partial charge is 0.323 e. The Morgan fingerprint density at radius 1 is 1.03 bits per heavy atom. The number of aromatic nitrogens is 5. The standard InChI is InChI=1S/C22H14F4N6O/c23-17-5-6-18(19(24)9-17)21(33,12-32-13-29-30-31-32)22(25,26)20-7-4-16(11-28-20)15-3-1-2-14(8-15)10-27/h1-9,11,13,33H,12H2. The Bertz CT molecular complexity index is 1320. The summed E-state index contributed by atoms with van der Waals surface area (Å²) >= 11 is 0. The largest absolute Gasteiger partial charge is 0.377 e. The van der Waals surface area contributed by atoms with Gasteiger partial charge in [0.25, 0.3) is 0 Å². The molecule has 2 aromatic heterocycles. The zero-order valence-corrected chi connectivity index (χ0v) is 16.7. The highest BCUT2D eigenvalue weighted by Gasteiger charge is 2.57. The fraction of sp³-hybridized carbons (Fsp3) is 0.136. The average molecular weight is 454 g/mol. The minimum Gasteiger partial charge on any atom is -0.377 e. The molecule has 2 aromatic carbocycles. The lowest BCUT2D eigenvalue weighted by molar-refractivity contribution is -0.207. The summed E-state index contributed by atoms with van der Waals surface area (Å²) in [5.41, 5.74) is -3.52. The van der Waals surface area contributed by atoms with E-state index in [0.717, 1.165) is 35.4 Å². The minimum atomic E-state index is -4.15. The third kappa shape index (κ3) is 4.04. The summed E-state index contributed by atoms with van der Waals surface area (Å²) in [6.07, 6.45) is 2.12. The van der Waals surface area contributed by atoms with Crippen LogP contribution < -0.4 is 0 Å². The van der Waals surface area contributed by atoms with Crippen molar-refractivity contribution < 1.29 is 22.7 Å². The second kappa shape index (κ2) is 8.40. The molecule has 1 unspecified atom stereocenters. The maximum Gasteiger partial charge on any atom is 0.323 e. The van der Waals surface area contributed by atoms with Gasteiger partial charge in [-0.2, -0.15) is 14.0 Å². The molecule has 33 heavy (non-hydrogen) atoms. The number of pyridine rings is 1. The topological polar surface area (TPSA) is 101 Å². The molecule has 11 heteroatoms. The number of alkyl halides is 2. The van der Waals surface area contributed by atoms with Crippen LogP contribution >= 0.6 is 0 Å². The zero-order chi connectivity index (χ0) is 23.6. The van der Waals surface area contributed by atoms with E-state index in [-0.39, 0.29) is 0 Å². The Morgan fingerprint density at radius 2 is 1.85 bits per heavy atom. The van der Waals surface area contributed by atoms with Gasteiger partial charge >= 0.3 is 5.92 Å². The molecule has 1 atom stereocenters. The summed E-state index contributed by atoms with van der Waals surface area (Å²) in [4.78, 5) is 3.80. The third-order valence-electron chi connectivity index (χ3n) is 5.09. The second-order valence-electron chi connectivity index (χ2n) is 7.19. The SMILES string of the molecule is N#Cc1cccc(-c2ccc(C(F)(F)C(O)(Cn3cnnn3)c3ccc(F)cc3F)nc2)c1. The van der Waals surface area contributed by atoms with E-state index in [1.54, 1.807) is 24.3 Å². The molecular weight excluding hydrogens is 440 g/mol. The van der Waals surface area contributed by atoms with Crippen molar-refractivity contribution in [1.29, 1.82) is 5.26 Å². The summed E-state index contributed by atoms with van der Waals surface area (Å²) in [6.45, 7) is -0.941. The summed E-state index contributed by atoms with van der Waals surface area (Å²) in [5, 5.41) is 30.3. The number of hydrogen-bond donors (Lipinski definition) is 1. The van der Waals surface area contributed by atoms with E-state index in [4.69, 9.17) is 5.26 Å². The molecule has 0 aliphatic carbocycles. The molecule has 2 heterocycles. The molecule has 0 aliphatic rings. The van der Waals surface area contributed by atoms with Crippen LogP contribution in [0, 0.1) is 23.0 Å². The minimum absolute atomic E-state index is 0.379. The van der Waals surface area contributed by atoms with E-state index in [1.165, 1.54) is 6.07 Å². The number of tetrazole rings is 1. The summed E-state index contributed by atoms with van der Waals surface area (Å²) < 4.78 is 60.2. The number of halogens is 4. The highest BCUT2D eigenvalue weighted by atomic mass is 19.3. The summed E-state index contributed by atoms with van der Waals surface area (Å²) in [7, 11) is 0. The molecule has 0 saturated heterocycles. The summed E-state index contributed by atoms with van der Waals surface area (Å²) in [5.74, 6) is -6.51. The highest BCUT2D eigenvalue weighted by molar-refractivity contribution is 5.64. The van der Waals surface area contributed by atoms with E-state index in [1.807, 2.05) is 6.07 Å². The zero-order valence-electron chi connectivity index (χ0n) is 16.7. The molecule has 0 saturated carbocycles. The van der Waals surface area contributed by atoms with Crippen LogP contribution in [-0.2, 0) is 18.1 Å². The highest BCUT2D eigenvalue weighted by Crippen LogP contribution is 2.46. The van der Waals surface area contributed by atoms with Crippen LogP contribution in [0.5, 0.6) is 0 Å². The Hall–Kier alpha value is -4.17. The van der Waals surface area contributed by atoms with E-state index in [0.29, 0.717) is 22.8 Å². The van der Waals surface area contributed by atoms with Crippen LogP contribution in [0.4, 0.5) is 17.6 Å². The lowest BCUT2D eigenvalue weighted by atomic mass is 9.84. The van der Waals surface area contributed by atoms with Gasteiger partial charge in [0.05, 0.1) is 18.2 Å². The lowest BCUT2D eigenvalue weighted by Gasteiger charge is -2.35. The molecule has 0 bridgehead atoms. The van der Waals surface area contributed by atoms with E-state index < -0.39 is 41.0 Å². The van der Waals surface area contributed by atoms with Gasteiger partial charge in [-0.25, -0.2) is 13.5 Å². The van der Waals surface area contributed by atoms with Gasteiger partial charge in [-0.1, -0.05) is 18.2 Å². The first-order valence-corrected chi connectivity index (χ1v) is 9.48. The van der Waals surface area contributed by atoms with Gasteiger partial charge in [-0.15, -0.1) is 5.10 Å². The molecule has 1 N–H and O–H groups in total. The quantitative estimate of drug-likeness (QED) is 0.447. The Labute approximate surface area is 184 Å². The van der Waals surface area contributed by atoms with Crippen LogP contribution in [0.1, 0.15) is 16.8 Å². The van der Waals surface area contributed by atoms with Crippen molar-refractivity contribution in [3.8, 4) is 17.2 Å². The van der Waals surface area contributed by atoms with Crippen LogP contribution in [-0.4, -0.2) is 30.3 Å². The molecule has 0 aliphatic heterocycles. The average Bonchev–Trinajstić information content (AvgIpc) is 3.31. The Morgan fingerprint density at radius 3 is 2.48 bits per heavy atom. The van der Waals surface area contributed by atoms with Crippen LogP contribution in [0.2, 0.25) is 0 Å². The Kier molecular flexibility index (Phi) is 5.61. The second-order valence-corrected chi connectivity index (χ2v) is 7.19. The fourth-order valence-corrected chi connectivity index (χ4v) is 3.40. The molecule has 0 spiro atoms. The first-order chi connectivity index (χ1) is 15.7. The number of hydrogen-bond acceptors (Lipinski definition) is 6. The molecule has 0 fully saturated rings. The maximum atomic E-state index is 15.7. The number of nitrogens with zero attached hydrogens (tertiary/aromatic N) is 6. The molecule has 4 aromatic rings. The number of rotatable bonds is 6. The number of aliphatic hydroxyl groups is 1. The monoisotopic (exact) mass is 454 g/mol. The van der Waals surface area contributed by atoms with Crippen molar-refractivity contribution in [2.75, 3.05) is 0 Å². The van der Waals surface area contributed by atoms with E-state index in [9.17, 15) is 13.9 Å².